The number of carboxylic acid groups (broad SMARTS) is 1. The SMILES string of the molecule is N#Cc1c(C(=O)O)cc(CN)cc1C(F)(F)F. The molecular formula is C10H7F3N2O2. The highest BCUT2D eigenvalue weighted by molar-refractivity contribution is 5.91. The lowest BCUT2D eigenvalue weighted by atomic mass is 9.98. The molecule has 0 aromatic heterocycles. The van der Waals surface area contributed by atoms with Crippen molar-refractivity contribution >= 4 is 5.97 Å². The van der Waals surface area contributed by atoms with Gasteiger partial charge in [0.1, 0.15) is 6.07 Å². The van der Waals surface area contributed by atoms with E-state index in [4.69, 9.17) is 16.1 Å². The van der Waals surface area contributed by atoms with Gasteiger partial charge in [0.15, 0.2) is 0 Å². The van der Waals surface area contributed by atoms with Crippen LogP contribution in [0.15, 0.2) is 12.1 Å². The summed E-state index contributed by atoms with van der Waals surface area (Å²) in [7, 11) is 0. The van der Waals surface area contributed by atoms with E-state index in [2.05, 4.69) is 0 Å². The molecule has 0 spiro atoms. The molecule has 0 aliphatic heterocycles. The standard InChI is InChI=1S/C10H7F3N2O2/c11-10(12,13)8-2-5(3-14)1-6(9(16)17)7(8)4-15/h1-2H,3,14H2,(H,16,17). The van der Waals surface area contributed by atoms with Crippen LogP contribution in [0.3, 0.4) is 0 Å². The molecule has 0 amide bonds. The van der Waals surface area contributed by atoms with E-state index >= 15 is 0 Å². The van der Waals surface area contributed by atoms with Crippen LogP contribution in [0, 0.1) is 11.3 Å². The zero-order chi connectivity index (χ0) is 13.2. The van der Waals surface area contributed by atoms with Gasteiger partial charge in [0.25, 0.3) is 0 Å². The monoisotopic (exact) mass is 244 g/mol. The quantitative estimate of drug-likeness (QED) is 0.829. The molecule has 0 saturated heterocycles. The van der Waals surface area contributed by atoms with Gasteiger partial charge in [-0.3, -0.25) is 0 Å². The number of carbonyl (C=O) groups is 1. The molecule has 7 heteroatoms. The molecule has 0 aliphatic carbocycles. The number of nitrogens with two attached hydrogens (primary N) is 1. The second-order valence-corrected chi connectivity index (χ2v) is 3.18. The Hall–Kier alpha value is -2.07. The maximum absolute atomic E-state index is 12.6. The first kappa shape index (κ1) is 13.0. The minimum Gasteiger partial charge on any atom is -0.478 e. The number of alkyl halides is 3. The largest absolute Gasteiger partial charge is 0.478 e. The van der Waals surface area contributed by atoms with Crippen molar-refractivity contribution in [3.05, 3.63) is 34.4 Å². The van der Waals surface area contributed by atoms with Gasteiger partial charge in [0.05, 0.1) is 16.7 Å². The molecule has 90 valence electrons. The second-order valence-electron chi connectivity index (χ2n) is 3.18. The van der Waals surface area contributed by atoms with Crippen LogP contribution in [-0.4, -0.2) is 11.1 Å². The van der Waals surface area contributed by atoms with Crippen LogP contribution < -0.4 is 5.73 Å². The number of aromatic carboxylic acids is 1. The van der Waals surface area contributed by atoms with Gasteiger partial charge >= 0.3 is 12.1 Å². The zero-order valence-electron chi connectivity index (χ0n) is 8.38. The molecule has 1 aromatic rings. The van der Waals surface area contributed by atoms with Gasteiger partial charge in [0, 0.05) is 6.54 Å². The number of nitrogens with zero attached hydrogens (tertiary/aromatic N) is 1. The Morgan fingerprint density at radius 2 is 2.06 bits per heavy atom. The Labute approximate surface area is 94.1 Å². The van der Waals surface area contributed by atoms with Crippen LogP contribution in [0.4, 0.5) is 13.2 Å². The minimum atomic E-state index is -4.79. The average molecular weight is 244 g/mol. The van der Waals surface area contributed by atoms with E-state index < -0.39 is 28.8 Å². The Morgan fingerprint density at radius 3 is 2.41 bits per heavy atom. The highest BCUT2D eigenvalue weighted by atomic mass is 19.4. The summed E-state index contributed by atoms with van der Waals surface area (Å²) in [5.41, 5.74) is 2.32. The molecule has 17 heavy (non-hydrogen) atoms. The number of carboxylic acids is 1. The molecule has 1 aromatic carbocycles. The van der Waals surface area contributed by atoms with Crippen molar-refractivity contribution in [2.24, 2.45) is 5.73 Å². The Morgan fingerprint density at radius 1 is 1.47 bits per heavy atom. The number of nitriles is 1. The van der Waals surface area contributed by atoms with Gasteiger partial charge < -0.3 is 10.8 Å². The van der Waals surface area contributed by atoms with E-state index in [1.165, 1.54) is 6.07 Å². The summed E-state index contributed by atoms with van der Waals surface area (Å²) in [6.07, 6.45) is -4.79. The van der Waals surface area contributed by atoms with Crippen LogP contribution in [-0.2, 0) is 12.7 Å². The predicted octanol–water partition coefficient (Wildman–Crippen LogP) is 1.73. The van der Waals surface area contributed by atoms with Crippen molar-refractivity contribution in [2.75, 3.05) is 0 Å². The van der Waals surface area contributed by atoms with E-state index in [1.807, 2.05) is 0 Å². The zero-order valence-corrected chi connectivity index (χ0v) is 8.38. The van der Waals surface area contributed by atoms with Crippen LogP contribution in [0.1, 0.15) is 27.0 Å². The average Bonchev–Trinajstić information content (AvgIpc) is 2.25. The third kappa shape index (κ3) is 2.54. The molecule has 3 N–H and O–H groups in total. The molecule has 0 aliphatic rings. The van der Waals surface area contributed by atoms with Crippen molar-refractivity contribution in [3.8, 4) is 6.07 Å². The van der Waals surface area contributed by atoms with Crippen molar-refractivity contribution in [1.82, 2.24) is 0 Å². The normalized spacial score (nSPS) is 11.0. The topological polar surface area (TPSA) is 87.1 Å². The minimum absolute atomic E-state index is 0.00808. The third-order valence-electron chi connectivity index (χ3n) is 2.08. The fourth-order valence-electron chi connectivity index (χ4n) is 1.33. The summed E-state index contributed by atoms with van der Waals surface area (Å²) in [5, 5.41) is 17.4. The summed E-state index contributed by atoms with van der Waals surface area (Å²) in [4.78, 5) is 10.8. The van der Waals surface area contributed by atoms with Gasteiger partial charge in [-0.25, -0.2) is 4.79 Å². The fraction of sp³-hybridized carbons (Fsp3) is 0.200. The number of benzene rings is 1. The molecule has 0 saturated carbocycles. The Kier molecular flexibility index (Phi) is 3.39. The van der Waals surface area contributed by atoms with Crippen LogP contribution in [0.5, 0.6) is 0 Å². The first-order valence-corrected chi connectivity index (χ1v) is 4.38. The summed E-state index contributed by atoms with van der Waals surface area (Å²) >= 11 is 0. The van der Waals surface area contributed by atoms with Gasteiger partial charge in [-0.1, -0.05) is 0 Å². The predicted molar refractivity (Wildman–Crippen MR) is 51.0 cm³/mol. The van der Waals surface area contributed by atoms with E-state index in [-0.39, 0.29) is 12.1 Å². The van der Waals surface area contributed by atoms with E-state index in [0.29, 0.717) is 6.07 Å². The molecule has 0 unspecified atom stereocenters. The number of rotatable bonds is 2. The van der Waals surface area contributed by atoms with Crippen molar-refractivity contribution < 1.29 is 23.1 Å². The summed E-state index contributed by atoms with van der Waals surface area (Å²) in [5.74, 6) is -1.60. The fourth-order valence-corrected chi connectivity index (χ4v) is 1.33. The maximum Gasteiger partial charge on any atom is 0.417 e. The lowest BCUT2D eigenvalue weighted by Gasteiger charge is -2.12. The second kappa shape index (κ2) is 4.43. The third-order valence-corrected chi connectivity index (χ3v) is 2.08. The lowest BCUT2D eigenvalue weighted by molar-refractivity contribution is -0.137. The number of hydrogen-bond donors (Lipinski definition) is 2. The van der Waals surface area contributed by atoms with E-state index in [1.54, 1.807) is 0 Å². The van der Waals surface area contributed by atoms with Crippen molar-refractivity contribution in [1.29, 1.82) is 5.26 Å². The van der Waals surface area contributed by atoms with Crippen LogP contribution in [0.25, 0.3) is 0 Å². The van der Waals surface area contributed by atoms with Crippen LogP contribution in [0.2, 0.25) is 0 Å². The molecule has 4 nitrogen and oxygen atoms in total. The first-order chi connectivity index (χ1) is 7.81. The van der Waals surface area contributed by atoms with E-state index in [0.717, 1.165) is 6.07 Å². The molecule has 0 heterocycles. The molecule has 0 radical (unpaired) electrons. The Balaban J connectivity index is 3.64. The molecular weight excluding hydrogens is 237 g/mol. The van der Waals surface area contributed by atoms with Gasteiger partial charge in [-0.2, -0.15) is 18.4 Å². The van der Waals surface area contributed by atoms with Gasteiger partial charge in [-0.05, 0) is 17.7 Å². The highest BCUT2D eigenvalue weighted by Crippen LogP contribution is 2.34. The molecule has 1 rings (SSSR count). The van der Waals surface area contributed by atoms with Crippen molar-refractivity contribution in [3.63, 3.8) is 0 Å². The summed E-state index contributed by atoms with van der Waals surface area (Å²) in [6.45, 7) is -0.241. The van der Waals surface area contributed by atoms with Gasteiger partial charge in [-0.15, -0.1) is 0 Å². The molecule has 0 fully saturated rings. The first-order valence-electron chi connectivity index (χ1n) is 4.38. The summed E-state index contributed by atoms with van der Waals surface area (Å²) in [6, 6.07) is 2.92. The van der Waals surface area contributed by atoms with Crippen molar-refractivity contribution in [2.45, 2.75) is 12.7 Å². The smallest absolute Gasteiger partial charge is 0.417 e. The highest BCUT2D eigenvalue weighted by Gasteiger charge is 2.36. The van der Waals surface area contributed by atoms with Gasteiger partial charge in [0.2, 0.25) is 0 Å². The Bertz CT molecular complexity index is 503. The van der Waals surface area contributed by atoms with E-state index in [9.17, 15) is 18.0 Å². The maximum atomic E-state index is 12.6. The summed E-state index contributed by atoms with van der Waals surface area (Å²) < 4.78 is 37.8. The number of hydrogen-bond acceptors (Lipinski definition) is 3. The number of halogens is 3. The molecule has 0 atom stereocenters. The lowest BCUT2D eigenvalue weighted by Crippen LogP contribution is -2.14. The molecule has 0 bridgehead atoms. The van der Waals surface area contributed by atoms with Crippen LogP contribution >= 0.6 is 0 Å².